The smallest absolute Gasteiger partial charge is 0.0278 e. The second-order valence-electron chi connectivity index (χ2n) is 4.82. The molecule has 0 aliphatic carbocycles. The number of hydrogen-bond donors (Lipinski definition) is 2. The highest BCUT2D eigenvalue weighted by Crippen LogP contribution is 2.25. The van der Waals surface area contributed by atoms with Crippen LogP contribution in [0.15, 0.2) is 0 Å². The average Bonchev–Trinajstić information content (AvgIpc) is 1.84. The minimum atomic E-state index is 0.0122. The Labute approximate surface area is 70.5 Å². The second kappa shape index (κ2) is 3.11. The van der Waals surface area contributed by atoms with Crippen LogP contribution in [0, 0.1) is 5.41 Å². The first kappa shape index (κ1) is 10.9. The summed E-state index contributed by atoms with van der Waals surface area (Å²) in [5.41, 5.74) is 6.25. The molecule has 0 bridgehead atoms. The third-order valence-electron chi connectivity index (χ3n) is 2.35. The van der Waals surface area contributed by atoms with E-state index in [4.69, 9.17) is 5.73 Å². The van der Waals surface area contributed by atoms with Gasteiger partial charge in [0.25, 0.3) is 0 Å². The van der Waals surface area contributed by atoms with Gasteiger partial charge in [0.15, 0.2) is 0 Å². The van der Waals surface area contributed by atoms with Crippen LogP contribution in [0.4, 0.5) is 0 Å². The molecule has 3 N–H and O–H groups in total. The van der Waals surface area contributed by atoms with Crippen LogP contribution in [0.2, 0.25) is 0 Å². The molecule has 0 saturated heterocycles. The Hall–Kier alpha value is -0.0800. The van der Waals surface area contributed by atoms with Crippen LogP contribution in [0.3, 0.4) is 0 Å². The Bertz CT molecular complexity index is 122. The van der Waals surface area contributed by atoms with Gasteiger partial charge in [-0.25, -0.2) is 0 Å². The normalized spacial score (nSPS) is 16.6. The summed E-state index contributed by atoms with van der Waals surface area (Å²) in [6, 6.07) is 0.167. The number of likely N-dealkylation sites (N-methyl/N-ethyl adjacent to an activating group) is 1. The molecule has 0 aromatic heterocycles. The molecule has 1 atom stereocenters. The Kier molecular flexibility index (Phi) is 3.09. The molecule has 2 heteroatoms. The quantitative estimate of drug-likeness (QED) is 0.637. The van der Waals surface area contributed by atoms with Gasteiger partial charge < -0.3 is 11.1 Å². The molecule has 0 fully saturated rings. The molecule has 0 aromatic rings. The van der Waals surface area contributed by atoms with Crippen LogP contribution in [0.1, 0.15) is 34.6 Å². The predicted molar refractivity (Wildman–Crippen MR) is 50.6 cm³/mol. The maximum absolute atomic E-state index is 6.08. The van der Waals surface area contributed by atoms with E-state index in [1.165, 1.54) is 0 Å². The summed E-state index contributed by atoms with van der Waals surface area (Å²) in [6.07, 6.45) is 0. The first-order valence-electron chi connectivity index (χ1n) is 4.16. The topological polar surface area (TPSA) is 38.0 Å². The van der Waals surface area contributed by atoms with Gasteiger partial charge in [-0.3, -0.25) is 0 Å². The summed E-state index contributed by atoms with van der Waals surface area (Å²) in [7, 11) is 1.95. The van der Waals surface area contributed by atoms with Crippen LogP contribution in [-0.2, 0) is 0 Å². The molecule has 0 saturated carbocycles. The standard InChI is InChI=1S/C9H22N2/c1-8(2,3)7(10)9(4,5)11-6/h7,11H,10H2,1-6H3. The third kappa shape index (κ3) is 2.80. The average molecular weight is 158 g/mol. The summed E-state index contributed by atoms with van der Waals surface area (Å²) in [6.45, 7) is 10.7. The van der Waals surface area contributed by atoms with Gasteiger partial charge in [0.1, 0.15) is 0 Å². The van der Waals surface area contributed by atoms with Crippen molar-refractivity contribution in [3.63, 3.8) is 0 Å². The van der Waals surface area contributed by atoms with Crippen molar-refractivity contribution in [3.8, 4) is 0 Å². The maximum atomic E-state index is 6.08. The Balaban J connectivity index is 4.35. The summed E-state index contributed by atoms with van der Waals surface area (Å²) >= 11 is 0. The van der Waals surface area contributed by atoms with Crippen LogP contribution in [-0.4, -0.2) is 18.6 Å². The molecule has 0 radical (unpaired) electrons. The molecule has 0 aliphatic rings. The highest BCUT2D eigenvalue weighted by Gasteiger charge is 2.33. The fourth-order valence-electron chi connectivity index (χ4n) is 1.24. The van der Waals surface area contributed by atoms with E-state index >= 15 is 0 Å². The molecular weight excluding hydrogens is 136 g/mol. The molecule has 0 heterocycles. The van der Waals surface area contributed by atoms with Crippen molar-refractivity contribution in [1.82, 2.24) is 5.32 Å². The number of nitrogens with two attached hydrogens (primary N) is 1. The number of rotatable bonds is 2. The lowest BCUT2D eigenvalue weighted by Gasteiger charge is -2.40. The summed E-state index contributed by atoms with van der Waals surface area (Å²) in [5.74, 6) is 0. The van der Waals surface area contributed by atoms with Crippen molar-refractivity contribution in [1.29, 1.82) is 0 Å². The SMILES string of the molecule is CNC(C)(C)C(N)C(C)(C)C. The van der Waals surface area contributed by atoms with Crippen molar-refractivity contribution in [2.75, 3.05) is 7.05 Å². The molecule has 2 nitrogen and oxygen atoms in total. The van der Waals surface area contributed by atoms with Gasteiger partial charge in [-0.2, -0.15) is 0 Å². The number of nitrogens with one attached hydrogen (secondary N) is 1. The Morgan fingerprint density at radius 1 is 1.09 bits per heavy atom. The molecule has 68 valence electrons. The molecule has 0 aromatic carbocycles. The van der Waals surface area contributed by atoms with Crippen LogP contribution >= 0.6 is 0 Å². The highest BCUT2D eigenvalue weighted by atomic mass is 15.0. The van der Waals surface area contributed by atoms with E-state index in [9.17, 15) is 0 Å². The number of hydrogen-bond acceptors (Lipinski definition) is 2. The second-order valence-corrected chi connectivity index (χ2v) is 4.82. The predicted octanol–water partition coefficient (Wildman–Crippen LogP) is 1.36. The zero-order valence-electron chi connectivity index (χ0n) is 8.65. The minimum absolute atomic E-state index is 0.0122. The molecule has 0 spiro atoms. The lowest BCUT2D eigenvalue weighted by molar-refractivity contribution is 0.202. The lowest BCUT2D eigenvalue weighted by Crippen LogP contribution is -2.58. The van der Waals surface area contributed by atoms with Gasteiger partial charge in [0, 0.05) is 11.6 Å². The monoisotopic (exact) mass is 158 g/mol. The van der Waals surface area contributed by atoms with Gasteiger partial charge >= 0.3 is 0 Å². The van der Waals surface area contributed by atoms with Crippen molar-refractivity contribution in [3.05, 3.63) is 0 Å². The zero-order chi connectivity index (χ0) is 9.28. The van der Waals surface area contributed by atoms with Crippen molar-refractivity contribution in [2.24, 2.45) is 11.1 Å². The van der Waals surface area contributed by atoms with Gasteiger partial charge in [-0.05, 0) is 26.3 Å². The van der Waals surface area contributed by atoms with E-state index in [1.807, 2.05) is 7.05 Å². The third-order valence-corrected chi connectivity index (χ3v) is 2.35. The molecule has 0 rings (SSSR count). The van der Waals surface area contributed by atoms with Gasteiger partial charge in [0.05, 0.1) is 0 Å². The van der Waals surface area contributed by atoms with Gasteiger partial charge in [-0.15, -0.1) is 0 Å². The van der Waals surface area contributed by atoms with E-state index in [2.05, 4.69) is 39.9 Å². The molecule has 0 aliphatic heterocycles. The van der Waals surface area contributed by atoms with E-state index in [1.54, 1.807) is 0 Å². The molecule has 0 amide bonds. The maximum Gasteiger partial charge on any atom is 0.0278 e. The van der Waals surface area contributed by atoms with Crippen LogP contribution < -0.4 is 11.1 Å². The largest absolute Gasteiger partial charge is 0.326 e. The van der Waals surface area contributed by atoms with Gasteiger partial charge in [-0.1, -0.05) is 20.8 Å². The molecule has 1 unspecified atom stereocenters. The first-order valence-corrected chi connectivity index (χ1v) is 4.16. The highest BCUT2D eigenvalue weighted by molar-refractivity contribution is 4.94. The summed E-state index contributed by atoms with van der Waals surface area (Å²) < 4.78 is 0. The fraction of sp³-hybridized carbons (Fsp3) is 1.00. The van der Waals surface area contributed by atoms with Crippen LogP contribution in [0.25, 0.3) is 0 Å². The Morgan fingerprint density at radius 2 is 1.45 bits per heavy atom. The van der Waals surface area contributed by atoms with E-state index in [0.717, 1.165) is 0 Å². The summed E-state index contributed by atoms with van der Waals surface area (Å²) in [4.78, 5) is 0. The van der Waals surface area contributed by atoms with Gasteiger partial charge in [0.2, 0.25) is 0 Å². The van der Waals surface area contributed by atoms with E-state index in [-0.39, 0.29) is 17.0 Å². The summed E-state index contributed by atoms with van der Waals surface area (Å²) in [5, 5.41) is 3.22. The Morgan fingerprint density at radius 3 is 1.55 bits per heavy atom. The van der Waals surface area contributed by atoms with Crippen molar-refractivity contribution < 1.29 is 0 Å². The lowest BCUT2D eigenvalue weighted by atomic mass is 9.77. The van der Waals surface area contributed by atoms with Crippen LogP contribution in [0.5, 0.6) is 0 Å². The molecule has 11 heavy (non-hydrogen) atoms. The van der Waals surface area contributed by atoms with E-state index in [0.29, 0.717) is 0 Å². The van der Waals surface area contributed by atoms with Crippen molar-refractivity contribution in [2.45, 2.75) is 46.2 Å². The fourth-order valence-corrected chi connectivity index (χ4v) is 1.24. The van der Waals surface area contributed by atoms with Crippen molar-refractivity contribution >= 4 is 0 Å². The molecular formula is C9H22N2. The first-order chi connectivity index (χ1) is 4.72. The minimum Gasteiger partial charge on any atom is -0.326 e. The van der Waals surface area contributed by atoms with E-state index < -0.39 is 0 Å². The zero-order valence-corrected chi connectivity index (χ0v) is 8.65.